The molecule has 2 aliphatic heterocycles. The van der Waals surface area contributed by atoms with Crippen LogP contribution in [0.25, 0.3) is 0 Å². The summed E-state index contributed by atoms with van der Waals surface area (Å²) in [5, 5.41) is 4.39. The maximum Gasteiger partial charge on any atom is 0.136 e. The normalized spacial score (nSPS) is 19.2. The number of fused-ring (bicyclic) bond motifs is 3. The third kappa shape index (κ3) is 1.40. The summed E-state index contributed by atoms with van der Waals surface area (Å²) >= 11 is 0. The third-order valence-corrected chi connectivity index (χ3v) is 3.12. The quantitative estimate of drug-likeness (QED) is 0.803. The molecule has 0 saturated heterocycles. The zero-order valence-corrected chi connectivity index (χ0v) is 10.1. The van der Waals surface area contributed by atoms with Gasteiger partial charge in [0.15, 0.2) is 0 Å². The first-order valence-electron chi connectivity index (χ1n) is 5.53. The average Bonchev–Trinajstić information content (AvgIpc) is 2.65. The van der Waals surface area contributed by atoms with Crippen LogP contribution in [-0.2, 0) is 0 Å². The van der Waals surface area contributed by atoms with Gasteiger partial charge < -0.3 is 9.47 Å². The largest absolute Gasteiger partial charge is 0.497 e. The highest BCUT2D eigenvalue weighted by molar-refractivity contribution is 6.17. The fourth-order valence-corrected chi connectivity index (χ4v) is 2.07. The second-order valence-electron chi connectivity index (χ2n) is 4.71. The van der Waals surface area contributed by atoms with Gasteiger partial charge in [-0.3, -0.25) is 5.43 Å². The van der Waals surface area contributed by atoms with Gasteiger partial charge in [-0.25, -0.2) is 0 Å². The van der Waals surface area contributed by atoms with Crippen molar-refractivity contribution in [3.63, 3.8) is 0 Å². The maximum absolute atomic E-state index is 5.63. The first-order chi connectivity index (χ1) is 8.12. The highest BCUT2D eigenvalue weighted by Crippen LogP contribution is 2.36. The molecule has 17 heavy (non-hydrogen) atoms. The van der Waals surface area contributed by atoms with Crippen molar-refractivity contribution >= 4 is 5.71 Å². The highest BCUT2D eigenvalue weighted by atomic mass is 16.5. The van der Waals surface area contributed by atoms with Crippen molar-refractivity contribution in [3.05, 3.63) is 35.6 Å². The molecule has 0 atom stereocenters. The van der Waals surface area contributed by atoms with Crippen LogP contribution in [0.5, 0.6) is 11.5 Å². The Kier molecular flexibility index (Phi) is 1.96. The zero-order valence-electron chi connectivity index (χ0n) is 10.1. The van der Waals surface area contributed by atoms with Gasteiger partial charge in [0, 0.05) is 11.1 Å². The molecule has 0 bridgehead atoms. The lowest BCUT2D eigenvalue weighted by molar-refractivity contribution is 0.411. The van der Waals surface area contributed by atoms with E-state index in [9.17, 15) is 0 Å². The molecule has 0 amide bonds. The minimum atomic E-state index is -0.184. The van der Waals surface area contributed by atoms with Gasteiger partial charge in [-0.05, 0) is 32.0 Å². The van der Waals surface area contributed by atoms with Crippen LogP contribution in [0.4, 0.5) is 0 Å². The molecule has 0 radical (unpaired) electrons. The van der Waals surface area contributed by atoms with E-state index in [4.69, 9.17) is 9.47 Å². The van der Waals surface area contributed by atoms with E-state index in [0.29, 0.717) is 0 Å². The standard InChI is InChI=1S/C13H14N2O2/c1-13(2)10-7-17-11-5-4-8(16-3)6-9(11)12(10)14-15-13/h4-7,15H,1-3H3. The van der Waals surface area contributed by atoms with Crippen molar-refractivity contribution in [1.29, 1.82) is 0 Å². The van der Waals surface area contributed by atoms with Gasteiger partial charge >= 0.3 is 0 Å². The van der Waals surface area contributed by atoms with Gasteiger partial charge in [0.05, 0.1) is 18.9 Å². The lowest BCUT2D eigenvalue weighted by Crippen LogP contribution is -2.34. The molecular weight excluding hydrogens is 216 g/mol. The molecule has 0 unspecified atom stereocenters. The first kappa shape index (κ1) is 10.2. The van der Waals surface area contributed by atoms with Crippen molar-refractivity contribution in [2.45, 2.75) is 19.4 Å². The summed E-state index contributed by atoms with van der Waals surface area (Å²) in [4.78, 5) is 0. The molecule has 0 aliphatic carbocycles. The Morgan fingerprint density at radius 3 is 2.94 bits per heavy atom. The molecule has 0 saturated carbocycles. The molecule has 4 nitrogen and oxygen atoms in total. The Labute approximate surface area is 99.9 Å². The monoisotopic (exact) mass is 230 g/mol. The molecule has 1 aromatic carbocycles. The lowest BCUT2D eigenvalue weighted by atomic mass is 9.89. The molecule has 0 spiro atoms. The molecule has 88 valence electrons. The molecule has 1 N–H and O–H groups in total. The van der Waals surface area contributed by atoms with E-state index in [0.717, 1.165) is 28.3 Å². The van der Waals surface area contributed by atoms with Crippen LogP contribution in [0.1, 0.15) is 19.4 Å². The summed E-state index contributed by atoms with van der Waals surface area (Å²) in [5.74, 6) is 1.62. The molecule has 0 aromatic heterocycles. The topological polar surface area (TPSA) is 42.8 Å². The van der Waals surface area contributed by atoms with Gasteiger partial charge in [0.1, 0.15) is 17.2 Å². The van der Waals surface area contributed by atoms with Gasteiger partial charge in [-0.1, -0.05) is 0 Å². The van der Waals surface area contributed by atoms with Crippen molar-refractivity contribution < 1.29 is 9.47 Å². The minimum Gasteiger partial charge on any atom is -0.497 e. The zero-order chi connectivity index (χ0) is 12.0. The summed E-state index contributed by atoms with van der Waals surface area (Å²) in [7, 11) is 1.65. The number of hydrazone groups is 1. The van der Waals surface area contributed by atoms with Crippen molar-refractivity contribution in [2.75, 3.05) is 7.11 Å². The Bertz CT molecular complexity index is 544. The van der Waals surface area contributed by atoms with E-state index in [-0.39, 0.29) is 5.54 Å². The molecule has 2 heterocycles. The van der Waals surface area contributed by atoms with E-state index in [2.05, 4.69) is 24.4 Å². The maximum atomic E-state index is 5.63. The number of ether oxygens (including phenoxy) is 2. The van der Waals surface area contributed by atoms with Crippen LogP contribution < -0.4 is 14.9 Å². The van der Waals surface area contributed by atoms with Crippen LogP contribution >= 0.6 is 0 Å². The third-order valence-electron chi connectivity index (χ3n) is 3.12. The number of hydrogen-bond donors (Lipinski definition) is 1. The summed E-state index contributed by atoms with van der Waals surface area (Å²) in [5.41, 5.74) is 5.91. The van der Waals surface area contributed by atoms with Crippen molar-refractivity contribution in [2.24, 2.45) is 5.10 Å². The van der Waals surface area contributed by atoms with Crippen LogP contribution in [0.2, 0.25) is 0 Å². The van der Waals surface area contributed by atoms with E-state index in [1.807, 2.05) is 18.2 Å². The number of benzene rings is 1. The highest BCUT2D eigenvalue weighted by Gasteiger charge is 2.37. The molecular formula is C13H14N2O2. The fraction of sp³-hybridized carbons (Fsp3) is 0.308. The SMILES string of the molecule is COc1ccc2c(c1)C1=NNC(C)(C)C1=CO2. The summed E-state index contributed by atoms with van der Waals surface area (Å²) in [6.45, 7) is 4.15. The van der Waals surface area contributed by atoms with Crippen LogP contribution in [0, 0.1) is 0 Å². The van der Waals surface area contributed by atoms with Gasteiger partial charge in [0.2, 0.25) is 0 Å². The number of nitrogens with zero attached hydrogens (tertiary/aromatic N) is 1. The molecule has 2 aliphatic rings. The predicted octanol–water partition coefficient (Wildman–Crippen LogP) is 2.06. The molecule has 1 aromatic rings. The molecule has 4 heteroatoms. The van der Waals surface area contributed by atoms with Gasteiger partial charge in [0.25, 0.3) is 0 Å². The van der Waals surface area contributed by atoms with Gasteiger partial charge in [-0.2, -0.15) is 5.10 Å². The van der Waals surface area contributed by atoms with Gasteiger partial charge in [-0.15, -0.1) is 0 Å². The molecule has 0 fully saturated rings. The second kappa shape index (κ2) is 3.26. The van der Waals surface area contributed by atoms with E-state index >= 15 is 0 Å². The summed E-state index contributed by atoms with van der Waals surface area (Å²) in [6.07, 6.45) is 1.77. The smallest absolute Gasteiger partial charge is 0.136 e. The first-order valence-corrected chi connectivity index (χ1v) is 5.53. The summed E-state index contributed by atoms with van der Waals surface area (Å²) < 4.78 is 10.9. The number of rotatable bonds is 1. The predicted molar refractivity (Wildman–Crippen MR) is 65.5 cm³/mol. The number of nitrogens with one attached hydrogen (secondary N) is 1. The lowest BCUT2D eigenvalue weighted by Gasteiger charge is -2.23. The van der Waals surface area contributed by atoms with Crippen molar-refractivity contribution in [1.82, 2.24) is 5.43 Å². The Balaban J connectivity index is 2.12. The average molecular weight is 230 g/mol. The Hall–Kier alpha value is -1.97. The van der Waals surface area contributed by atoms with Crippen LogP contribution in [0.3, 0.4) is 0 Å². The minimum absolute atomic E-state index is 0.184. The Morgan fingerprint density at radius 1 is 1.35 bits per heavy atom. The van der Waals surface area contributed by atoms with Crippen LogP contribution in [0.15, 0.2) is 35.1 Å². The summed E-state index contributed by atoms with van der Waals surface area (Å²) in [6, 6.07) is 5.73. The molecule has 3 rings (SSSR count). The Morgan fingerprint density at radius 2 is 2.18 bits per heavy atom. The van der Waals surface area contributed by atoms with E-state index in [1.54, 1.807) is 13.4 Å². The van der Waals surface area contributed by atoms with E-state index in [1.165, 1.54) is 0 Å². The van der Waals surface area contributed by atoms with Crippen LogP contribution in [-0.4, -0.2) is 18.4 Å². The van der Waals surface area contributed by atoms with E-state index < -0.39 is 0 Å². The number of methoxy groups -OCH3 is 1. The fourth-order valence-electron chi connectivity index (χ4n) is 2.07. The number of hydrogen-bond acceptors (Lipinski definition) is 4. The van der Waals surface area contributed by atoms with Crippen molar-refractivity contribution in [3.8, 4) is 11.5 Å². The second-order valence-corrected chi connectivity index (χ2v) is 4.71.